The van der Waals surface area contributed by atoms with Gasteiger partial charge in [0, 0.05) is 24.8 Å². The lowest BCUT2D eigenvalue weighted by Gasteiger charge is -2.08. The van der Waals surface area contributed by atoms with Crippen LogP contribution < -0.4 is 5.32 Å². The molecule has 1 aromatic carbocycles. The number of benzene rings is 1. The Morgan fingerprint density at radius 2 is 2.24 bits per heavy atom. The van der Waals surface area contributed by atoms with Crippen molar-refractivity contribution in [2.24, 2.45) is 0 Å². The summed E-state index contributed by atoms with van der Waals surface area (Å²) in [6, 6.07) is 4.66. The number of rotatable bonds is 5. The van der Waals surface area contributed by atoms with E-state index in [1.807, 2.05) is 17.8 Å². The summed E-state index contributed by atoms with van der Waals surface area (Å²) in [5, 5.41) is 18.1. The SMILES string of the molecule is CCn1cc(CNc2cc(-n3cnnn3)ccc2F)cn1. The lowest BCUT2D eigenvalue weighted by molar-refractivity contribution is 0.629. The number of hydrogen-bond donors (Lipinski definition) is 1. The molecule has 0 radical (unpaired) electrons. The molecule has 1 N–H and O–H groups in total. The highest BCUT2D eigenvalue weighted by Gasteiger charge is 2.06. The molecule has 0 aliphatic rings. The third-order valence-electron chi connectivity index (χ3n) is 3.06. The molecule has 3 rings (SSSR count). The first-order valence-electron chi connectivity index (χ1n) is 6.54. The molecule has 108 valence electrons. The van der Waals surface area contributed by atoms with E-state index in [0.717, 1.165) is 12.1 Å². The Morgan fingerprint density at radius 1 is 1.33 bits per heavy atom. The molecular formula is C13H14FN7. The molecule has 7 nitrogen and oxygen atoms in total. The fraction of sp³-hybridized carbons (Fsp3) is 0.231. The van der Waals surface area contributed by atoms with Crippen LogP contribution in [0.1, 0.15) is 12.5 Å². The summed E-state index contributed by atoms with van der Waals surface area (Å²) >= 11 is 0. The maximum atomic E-state index is 13.8. The number of aryl methyl sites for hydroxylation is 1. The minimum absolute atomic E-state index is 0.324. The summed E-state index contributed by atoms with van der Waals surface area (Å²) in [6.45, 7) is 3.32. The van der Waals surface area contributed by atoms with Gasteiger partial charge in [0.05, 0.1) is 17.6 Å². The predicted molar refractivity (Wildman–Crippen MR) is 74.3 cm³/mol. The lowest BCUT2D eigenvalue weighted by atomic mass is 10.2. The maximum Gasteiger partial charge on any atom is 0.146 e. The fourth-order valence-electron chi connectivity index (χ4n) is 1.94. The summed E-state index contributed by atoms with van der Waals surface area (Å²) in [5.41, 5.74) is 2.07. The average Bonchev–Trinajstić information content (AvgIpc) is 3.18. The Kier molecular flexibility index (Phi) is 3.59. The molecule has 0 unspecified atom stereocenters. The normalized spacial score (nSPS) is 10.8. The zero-order valence-electron chi connectivity index (χ0n) is 11.4. The van der Waals surface area contributed by atoms with Crippen LogP contribution in [-0.4, -0.2) is 30.0 Å². The summed E-state index contributed by atoms with van der Waals surface area (Å²) in [4.78, 5) is 0. The molecule has 0 bridgehead atoms. The molecule has 0 saturated carbocycles. The summed E-state index contributed by atoms with van der Waals surface area (Å²) in [6.07, 6.45) is 5.15. The van der Waals surface area contributed by atoms with Gasteiger partial charge >= 0.3 is 0 Å². The summed E-state index contributed by atoms with van der Waals surface area (Å²) in [5.74, 6) is -0.324. The van der Waals surface area contributed by atoms with Crippen molar-refractivity contribution in [1.82, 2.24) is 30.0 Å². The molecule has 2 aromatic heterocycles. The molecule has 0 saturated heterocycles. The van der Waals surface area contributed by atoms with Crippen LogP contribution in [0.4, 0.5) is 10.1 Å². The number of hydrogen-bond acceptors (Lipinski definition) is 5. The number of nitrogens with one attached hydrogen (secondary N) is 1. The second-order valence-corrected chi connectivity index (χ2v) is 4.48. The molecular weight excluding hydrogens is 273 g/mol. The van der Waals surface area contributed by atoms with Crippen LogP contribution in [0.25, 0.3) is 5.69 Å². The van der Waals surface area contributed by atoms with Gasteiger partial charge < -0.3 is 5.32 Å². The van der Waals surface area contributed by atoms with Gasteiger partial charge in [-0.05, 0) is 35.5 Å². The van der Waals surface area contributed by atoms with E-state index in [9.17, 15) is 4.39 Å². The van der Waals surface area contributed by atoms with E-state index in [4.69, 9.17) is 0 Å². The first-order valence-corrected chi connectivity index (χ1v) is 6.54. The van der Waals surface area contributed by atoms with Crippen LogP contribution in [0.3, 0.4) is 0 Å². The van der Waals surface area contributed by atoms with Crippen molar-refractivity contribution in [2.75, 3.05) is 5.32 Å². The van der Waals surface area contributed by atoms with Crippen LogP contribution >= 0.6 is 0 Å². The van der Waals surface area contributed by atoms with Gasteiger partial charge in [-0.25, -0.2) is 9.07 Å². The molecule has 2 heterocycles. The summed E-state index contributed by atoms with van der Waals surface area (Å²) in [7, 11) is 0. The highest BCUT2D eigenvalue weighted by Crippen LogP contribution is 2.19. The molecule has 0 amide bonds. The molecule has 0 atom stereocenters. The molecule has 8 heteroatoms. The predicted octanol–water partition coefficient (Wildman–Crippen LogP) is 1.63. The van der Waals surface area contributed by atoms with Crippen LogP contribution in [0, 0.1) is 5.82 Å². The molecule has 0 fully saturated rings. The van der Waals surface area contributed by atoms with E-state index in [1.165, 1.54) is 17.1 Å². The number of nitrogens with zero attached hydrogens (tertiary/aromatic N) is 6. The van der Waals surface area contributed by atoms with Crippen molar-refractivity contribution < 1.29 is 4.39 Å². The minimum atomic E-state index is -0.324. The highest BCUT2D eigenvalue weighted by atomic mass is 19.1. The minimum Gasteiger partial charge on any atom is -0.378 e. The number of halogens is 1. The Bertz CT molecular complexity index is 720. The molecule has 21 heavy (non-hydrogen) atoms. The second-order valence-electron chi connectivity index (χ2n) is 4.48. The molecule has 3 aromatic rings. The first kappa shape index (κ1) is 13.2. The quantitative estimate of drug-likeness (QED) is 0.772. The number of aromatic nitrogens is 6. The van der Waals surface area contributed by atoms with Crippen molar-refractivity contribution in [2.45, 2.75) is 20.0 Å². The zero-order chi connectivity index (χ0) is 14.7. The van der Waals surface area contributed by atoms with E-state index in [1.54, 1.807) is 18.3 Å². The standard InChI is InChI=1S/C13H14FN7/c1-2-20-8-10(7-17-20)6-15-13-5-11(3-4-12(13)14)21-9-16-18-19-21/h3-5,7-9,15H,2,6H2,1H3. The number of anilines is 1. The Balaban J connectivity index is 1.76. The van der Waals surface area contributed by atoms with Gasteiger partial charge in [0.2, 0.25) is 0 Å². The van der Waals surface area contributed by atoms with Crippen molar-refractivity contribution in [3.63, 3.8) is 0 Å². The Hall–Kier alpha value is -2.77. The van der Waals surface area contributed by atoms with E-state index >= 15 is 0 Å². The van der Waals surface area contributed by atoms with Gasteiger partial charge in [-0.15, -0.1) is 5.10 Å². The van der Waals surface area contributed by atoms with Crippen LogP contribution in [0.15, 0.2) is 36.9 Å². The first-order chi connectivity index (χ1) is 10.3. The monoisotopic (exact) mass is 287 g/mol. The van der Waals surface area contributed by atoms with E-state index in [0.29, 0.717) is 17.9 Å². The van der Waals surface area contributed by atoms with Gasteiger partial charge in [-0.3, -0.25) is 4.68 Å². The lowest BCUT2D eigenvalue weighted by Crippen LogP contribution is -2.03. The van der Waals surface area contributed by atoms with Gasteiger partial charge in [0.15, 0.2) is 0 Å². The third-order valence-corrected chi connectivity index (χ3v) is 3.06. The fourth-order valence-corrected chi connectivity index (χ4v) is 1.94. The smallest absolute Gasteiger partial charge is 0.146 e. The number of tetrazole rings is 1. The van der Waals surface area contributed by atoms with Gasteiger partial charge in [0.25, 0.3) is 0 Å². The Labute approximate surface area is 120 Å². The average molecular weight is 287 g/mol. The molecule has 0 aliphatic carbocycles. The largest absolute Gasteiger partial charge is 0.378 e. The highest BCUT2D eigenvalue weighted by molar-refractivity contribution is 5.52. The van der Waals surface area contributed by atoms with Gasteiger partial charge in [-0.1, -0.05) is 0 Å². The second kappa shape index (κ2) is 5.70. The van der Waals surface area contributed by atoms with E-state index in [-0.39, 0.29) is 5.82 Å². The molecule has 0 spiro atoms. The third kappa shape index (κ3) is 2.88. The van der Waals surface area contributed by atoms with Crippen molar-refractivity contribution in [1.29, 1.82) is 0 Å². The van der Waals surface area contributed by atoms with Gasteiger partial charge in [-0.2, -0.15) is 5.10 Å². The van der Waals surface area contributed by atoms with Crippen molar-refractivity contribution in [3.05, 3.63) is 48.3 Å². The van der Waals surface area contributed by atoms with Gasteiger partial charge in [0.1, 0.15) is 12.1 Å². The summed E-state index contributed by atoms with van der Waals surface area (Å²) < 4.78 is 17.1. The van der Waals surface area contributed by atoms with Crippen LogP contribution in [0.2, 0.25) is 0 Å². The topological polar surface area (TPSA) is 73.5 Å². The van der Waals surface area contributed by atoms with Crippen LogP contribution in [0.5, 0.6) is 0 Å². The zero-order valence-corrected chi connectivity index (χ0v) is 11.4. The van der Waals surface area contributed by atoms with E-state index in [2.05, 4.69) is 25.9 Å². The van der Waals surface area contributed by atoms with Crippen LogP contribution in [-0.2, 0) is 13.1 Å². The van der Waals surface area contributed by atoms with Crippen molar-refractivity contribution in [3.8, 4) is 5.69 Å². The maximum absolute atomic E-state index is 13.8. The molecule has 0 aliphatic heterocycles. The Morgan fingerprint density at radius 3 is 2.95 bits per heavy atom. The van der Waals surface area contributed by atoms with E-state index < -0.39 is 0 Å². The van der Waals surface area contributed by atoms with Crippen molar-refractivity contribution >= 4 is 5.69 Å².